The third-order valence-corrected chi connectivity index (χ3v) is 3.16. The maximum absolute atomic E-state index is 13.9. The fourth-order valence-corrected chi connectivity index (χ4v) is 2.02. The van der Waals surface area contributed by atoms with Crippen molar-refractivity contribution < 1.29 is 9.18 Å². The second kappa shape index (κ2) is 5.83. The lowest BCUT2D eigenvalue weighted by molar-refractivity contribution is 0.0828. The molecule has 21 heavy (non-hydrogen) atoms. The van der Waals surface area contributed by atoms with Crippen LogP contribution in [-0.2, 0) is 0 Å². The second-order valence-corrected chi connectivity index (χ2v) is 5.06. The molecule has 0 aromatic heterocycles. The number of anilines is 3. The van der Waals surface area contributed by atoms with Crippen LogP contribution in [0.3, 0.4) is 0 Å². The Hall–Kier alpha value is -2.56. The Morgan fingerprint density at radius 3 is 2.57 bits per heavy atom. The van der Waals surface area contributed by atoms with Crippen LogP contribution in [0.15, 0.2) is 36.4 Å². The molecule has 0 fully saturated rings. The molecule has 4 nitrogen and oxygen atoms in total. The topological polar surface area (TPSA) is 58.4 Å². The third kappa shape index (κ3) is 3.13. The molecule has 0 saturated heterocycles. The highest BCUT2D eigenvalue weighted by Crippen LogP contribution is 2.28. The molecule has 110 valence electrons. The normalized spacial score (nSPS) is 10.3. The standard InChI is InChI=1S/C16H18FN3O/c1-10-5-4-6-13(17)15(10)19-14-9-11(18)7-8-12(14)16(21)20(2)3/h4-9,19H,18H2,1-3H3. The van der Waals surface area contributed by atoms with E-state index < -0.39 is 0 Å². The summed E-state index contributed by atoms with van der Waals surface area (Å²) in [6, 6.07) is 9.72. The van der Waals surface area contributed by atoms with E-state index in [4.69, 9.17) is 5.73 Å². The van der Waals surface area contributed by atoms with E-state index in [1.54, 1.807) is 51.4 Å². The van der Waals surface area contributed by atoms with E-state index in [1.807, 2.05) is 0 Å². The zero-order valence-electron chi connectivity index (χ0n) is 12.3. The number of hydrogen-bond acceptors (Lipinski definition) is 3. The first kappa shape index (κ1) is 14.8. The quantitative estimate of drug-likeness (QED) is 0.853. The molecule has 3 N–H and O–H groups in total. The van der Waals surface area contributed by atoms with Crippen LogP contribution >= 0.6 is 0 Å². The van der Waals surface area contributed by atoms with Gasteiger partial charge in [0, 0.05) is 19.8 Å². The molecule has 0 spiro atoms. The Kier molecular flexibility index (Phi) is 4.12. The summed E-state index contributed by atoms with van der Waals surface area (Å²) in [5, 5.41) is 2.98. The van der Waals surface area contributed by atoms with Gasteiger partial charge in [0.15, 0.2) is 0 Å². The Labute approximate surface area is 123 Å². The minimum Gasteiger partial charge on any atom is -0.399 e. The van der Waals surface area contributed by atoms with Crippen molar-refractivity contribution in [2.45, 2.75) is 6.92 Å². The highest BCUT2D eigenvalue weighted by molar-refractivity contribution is 6.00. The first-order valence-electron chi connectivity index (χ1n) is 6.53. The summed E-state index contributed by atoms with van der Waals surface area (Å²) in [5.41, 5.74) is 8.30. The molecular formula is C16H18FN3O. The highest BCUT2D eigenvalue weighted by Gasteiger charge is 2.15. The number of nitrogens with zero attached hydrogens (tertiary/aromatic N) is 1. The van der Waals surface area contributed by atoms with Crippen molar-refractivity contribution in [2.24, 2.45) is 0 Å². The van der Waals surface area contributed by atoms with E-state index in [9.17, 15) is 9.18 Å². The Morgan fingerprint density at radius 1 is 1.24 bits per heavy atom. The Bertz CT molecular complexity index is 663. The summed E-state index contributed by atoms with van der Waals surface area (Å²) < 4.78 is 13.9. The number of nitrogen functional groups attached to an aromatic ring is 1. The van der Waals surface area contributed by atoms with Gasteiger partial charge in [-0.05, 0) is 36.8 Å². The van der Waals surface area contributed by atoms with Crippen LogP contribution in [0.25, 0.3) is 0 Å². The molecule has 0 unspecified atom stereocenters. The van der Waals surface area contributed by atoms with Gasteiger partial charge >= 0.3 is 0 Å². The van der Waals surface area contributed by atoms with Crippen LogP contribution in [0.4, 0.5) is 21.5 Å². The fourth-order valence-electron chi connectivity index (χ4n) is 2.02. The SMILES string of the molecule is Cc1cccc(F)c1Nc1cc(N)ccc1C(=O)N(C)C. The number of hydrogen-bond donors (Lipinski definition) is 2. The van der Waals surface area contributed by atoms with Crippen molar-refractivity contribution in [3.05, 3.63) is 53.3 Å². The number of amides is 1. The number of nitrogens with two attached hydrogens (primary N) is 1. The number of carbonyl (C=O) groups is 1. The van der Waals surface area contributed by atoms with Gasteiger partial charge in [0.25, 0.3) is 5.91 Å². The van der Waals surface area contributed by atoms with Crippen LogP contribution in [0, 0.1) is 12.7 Å². The molecule has 2 aromatic carbocycles. The summed E-state index contributed by atoms with van der Waals surface area (Å²) >= 11 is 0. The molecule has 0 aliphatic carbocycles. The van der Waals surface area contributed by atoms with Gasteiger partial charge in [0.05, 0.1) is 16.9 Å². The molecule has 5 heteroatoms. The van der Waals surface area contributed by atoms with Crippen LogP contribution in [-0.4, -0.2) is 24.9 Å². The number of para-hydroxylation sites is 1. The number of carbonyl (C=O) groups excluding carboxylic acids is 1. The number of benzene rings is 2. The van der Waals surface area contributed by atoms with Gasteiger partial charge in [-0.15, -0.1) is 0 Å². The first-order valence-corrected chi connectivity index (χ1v) is 6.53. The fraction of sp³-hybridized carbons (Fsp3) is 0.188. The van der Waals surface area contributed by atoms with Crippen LogP contribution < -0.4 is 11.1 Å². The monoisotopic (exact) mass is 287 g/mol. The maximum atomic E-state index is 13.9. The molecule has 0 aliphatic heterocycles. The van der Waals surface area contributed by atoms with Crippen LogP contribution in [0.2, 0.25) is 0 Å². The smallest absolute Gasteiger partial charge is 0.255 e. The van der Waals surface area contributed by atoms with Gasteiger partial charge in [-0.3, -0.25) is 4.79 Å². The molecule has 0 heterocycles. The van der Waals surface area contributed by atoms with E-state index in [2.05, 4.69) is 5.32 Å². The Morgan fingerprint density at radius 2 is 1.95 bits per heavy atom. The zero-order chi connectivity index (χ0) is 15.6. The van der Waals surface area contributed by atoms with E-state index in [1.165, 1.54) is 11.0 Å². The molecule has 1 amide bonds. The maximum Gasteiger partial charge on any atom is 0.255 e. The molecule has 0 atom stereocenters. The van der Waals surface area contributed by atoms with E-state index >= 15 is 0 Å². The van der Waals surface area contributed by atoms with Crippen molar-refractivity contribution in [3.63, 3.8) is 0 Å². The van der Waals surface area contributed by atoms with Gasteiger partial charge in [0.2, 0.25) is 0 Å². The van der Waals surface area contributed by atoms with Crippen molar-refractivity contribution in [1.82, 2.24) is 4.90 Å². The van der Waals surface area contributed by atoms with Crippen LogP contribution in [0.5, 0.6) is 0 Å². The molecule has 0 radical (unpaired) electrons. The van der Waals surface area contributed by atoms with E-state index in [0.29, 0.717) is 22.6 Å². The summed E-state index contributed by atoms with van der Waals surface area (Å²) in [5.74, 6) is -0.549. The average molecular weight is 287 g/mol. The summed E-state index contributed by atoms with van der Waals surface area (Å²) in [6.45, 7) is 1.80. The van der Waals surface area contributed by atoms with Crippen molar-refractivity contribution in [2.75, 3.05) is 25.1 Å². The molecular weight excluding hydrogens is 269 g/mol. The second-order valence-electron chi connectivity index (χ2n) is 5.06. The number of rotatable bonds is 3. The molecule has 2 rings (SSSR count). The third-order valence-electron chi connectivity index (χ3n) is 3.16. The number of aryl methyl sites for hydroxylation is 1. The van der Waals surface area contributed by atoms with Crippen molar-refractivity contribution >= 4 is 23.0 Å². The van der Waals surface area contributed by atoms with Gasteiger partial charge in [-0.1, -0.05) is 12.1 Å². The highest BCUT2D eigenvalue weighted by atomic mass is 19.1. The minimum atomic E-state index is -0.374. The van der Waals surface area contributed by atoms with Gasteiger partial charge in [-0.2, -0.15) is 0 Å². The summed E-state index contributed by atoms with van der Waals surface area (Å²) in [4.78, 5) is 13.7. The predicted octanol–water partition coefficient (Wildman–Crippen LogP) is 3.16. The Balaban J connectivity index is 2.48. The van der Waals surface area contributed by atoms with Gasteiger partial charge in [0.1, 0.15) is 5.82 Å². The lowest BCUT2D eigenvalue weighted by Gasteiger charge is -2.17. The zero-order valence-corrected chi connectivity index (χ0v) is 12.3. The summed E-state index contributed by atoms with van der Waals surface area (Å²) in [7, 11) is 3.33. The average Bonchev–Trinajstić information content (AvgIpc) is 2.42. The van der Waals surface area contributed by atoms with Gasteiger partial charge in [-0.25, -0.2) is 4.39 Å². The van der Waals surface area contributed by atoms with Gasteiger partial charge < -0.3 is 16.0 Å². The molecule has 2 aromatic rings. The predicted molar refractivity (Wildman–Crippen MR) is 83.3 cm³/mol. The largest absolute Gasteiger partial charge is 0.399 e. The molecule has 0 bridgehead atoms. The van der Waals surface area contributed by atoms with Crippen molar-refractivity contribution in [1.29, 1.82) is 0 Å². The lowest BCUT2D eigenvalue weighted by Crippen LogP contribution is -2.22. The molecule has 0 aliphatic rings. The number of nitrogens with one attached hydrogen (secondary N) is 1. The lowest BCUT2D eigenvalue weighted by atomic mass is 10.1. The van der Waals surface area contributed by atoms with E-state index in [0.717, 1.165) is 5.56 Å². The first-order chi connectivity index (χ1) is 9.90. The minimum absolute atomic E-state index is 0.175. The molecule has 0 saturated carbocycles. The van der Waals surface area contributed by atoms with E-state index in [-0.39, 0.29) is 11.7 Å². The van der Waals surface area contributed by atoms with Crippen LogP contribution in [0.1, 0.15) is 15.9 Å². The number of halogens is 1. The summed E-state index contributed by atoms with van der Waals surface area (Å²) in [6.07, 6.45) is 0. The van der Waals surface area contributed by atoms with Crippen molar-refractivity contribution in [3.8, 4) is 0 Å².